The highest BCUT2D eigenvalue weighted by atomic mass is 16.2. The molecule has 2 aliphatic rings. The second-order valence-electron chi connectivity index (χ2n) is 7.35. The lowest BCUT2D eigenvalue weighted by Crippen LogP contribution is -2.37. The molecule has 0 atom stereocenters. The third-order valence-corrected chi connectivity index (χ3v) is 5.08. The lowest BCUT2D eigenvalue weighted by atomic mass is 10.1. The Labute approximate surface area is 155 Å². The van der Waals surface area contributed by atoms with E-state index in [9.17, 15) is 9.59 Å². The summed E-state index contributed by atoms with van der Waals surface area (Å²) in [5, 5.41) is 5.87. The molecule has 1 aromatic carbocycles. The number of benzene rings is 1. The molecule has 0 radical (unpaired) electrons. The fraction of sp³-hybridized carbons (Fsp3) is 0.600. The number of rotatable bonds is 6. The molecule has 0 spiro atoms. The van der Waals surface area contributed by atoms with E-state index in [0.29, 0.717) is 13.1 Å². The number of likely N-dealkylation sites (tertiary alicyclic amines) is 2. The average molecular weight is 358 g/mol. The first kappa shape index (κ1) is 18.9. The van der Waals surface area contributed by atoms with Gasteiger partial charge in [0.1, 0.15) is 0 Å². The summed E-state index contributed by atoms with van der Waals surface area (Å²) in [4.78, 5) is 28.7. The molecule has 3 rings (SSSR count). The van der Waals surface area contributed by atoms with E-state index in [-0.39, 0.29) is 11.8 Å². The first-order chi connectivity index (χ1) is 12.7. The molecule has 0 aliphatic carbocycles. The van der Waals surface area contributed by atoms with E-state index in [1.165, 1.54) is 38.5 Å². The van der Waals surface area contributed by atoms with E-state index < -0.39 is 0 Å². The number of hydrogen-bond donors (Lipinski definition) is 2. The highest BCUT2D eigenvalue weighted by molar-refractivity contribution is 5.94. The van der Waals surface area contributed by atoms with Gasteiger partial charge in [-0.05, 0) is 76.1 Å². The van der Waals surface area contributed by atoms with E-state index in [2.05, 4.69) is 20.4 Å². The summed E-state index contributed by atoms with van der Waals surface area (Å²) >= 11 is 0. The molecule has 2 aliphatic heterocycles. The summed E-state index contributed by atoms with van der Waals surface area (Å²) < 4.78 is 0. The van der Waals surface area contributed by atoms with Gasteiger partial charge in [-0.25, -0.2) is 0 Å². The molecular weight excluding hydrogens is 328 g/mol. The molecule has 2 fully saturated rings. The molecule has 2 N–H and O–H groups in total. The SMILES string of the molecule is O=C(CN1CCCCC1)Nc1ccc(NC(=O)CN2CCCCC2)cc1. The van der Waals surface area contributed by atoms with Gasteiger partial charge in [0.05, 0.1) is 13.1 Å². The lowest BCUT2D eigenvalue weighted by Gasteiger charge is -2.25. The maximum atomic E-state index is 12.1. The zero-order valence-electron chi connectivity index (χ0n) is 15.5. The van der Waals surface area contributed by atoms with Gasteiger partial charge in [0.25, 0.3) is 0 Å². The quantitative estimate of drug-likeness (QED) is 0.820. The van der Waals surface area contributed by atoms with Crippen molar-refractivity contribution in [2.75, 3.05) is 49.9 Å². The van der Waals surface area contributed by atoms with Gasteiger partial charge in [-0.1, -0.05) is 12.8 Å². The van der Waals surface area contributed by atoms with Gasteiger partial charge in [0.2, 0.25) is 11.8 Å². The fourth-order valence-corrected chi connectivity index (χ4v) is 3.68. The average Bonchev–Trinajstić information content (AvgIpc) is 2.65. The van der Waals surface area contributed by atoms with Crippen LogP contribution in [0.1, 0.15) is 38.5 Å². The van der Waals surface area contributed by atoms with E-state index in [1.54, 1.807) is 0 Å². The smallest absolute Gasteiger partial charge is 0.238 e. The Bertz CT molecular complexity index is 537. The van der Waals surface area contributed by atoms with Crippen LogP contribution < -0.4 is 10.6 Å². The van der Waals surface area contributed by atoms with Crippen molar-refractivity contribution >= 4 is 23.2 Å². The Kier molecular flexibility index (Phi) is 7.03. The highest BCUT2D eigenvalue weighted by Gasteiger charge is 2.15. The van der Waals surface area contributed by atoms with Crippen LogP contribution in [0.4, 0.5) is 11.4 Å². The van der Waals surface area contributed by atoms with E-state index in [1.807, 2.05) is 24.3 Å². The van der Waals surface area contributed by atoms with Crippen LogP contribution in [0.2, 0.25) is 0 Å². The van der Waals surface area contributed by atoms with Crippen molar-refractivity contribution in [2.24, 2.45) is 0 Å². The van der Waals surface area contributed by atoms with Crippen LogP contribution in [0, 0.1) is 0 Å². The summed E-state index contributed by atoms with van der Waals surface area (Å²) in [6.07, 6.45) is 7.25. The Morgan fingerprint density at radius 3 is 1.35 bits per heavy atom. The molecule has 0 unspecified atom stereocenters. The van der Waals surface area contributed by atoms with Crippen LogP contribution >= 0.6 is 0 Å². The second kappa shape index (κ2) is 9.69. The van der Waals surface area contributed by atoms with Crippen LogP contribution in [-0.4, -0.2) is 60.9 Å². The van der Waals surface area contributed by atoms with E-state index >= 15 is 0 Å². The number of nitrogens with one attached hydrogen (secondary N) is 2. The molecule has 6 heteroatoms. The molecule has 0 bridgehead atoms. The van der Waals surface area contributed by atoms with Gasteiger partial charge >= 0.3 is 0 Å². The third-order valence-electron chi connectivity index (χ3n) is 5.08. The number of carbonyl (C=O) groups is 2. The molecule has 2 amide bonds. The maximum Gasteiger partial charge on any atom is 0.238 e. The number of nitrogens with zero attached hydrogens (tertiary/aromatic N) is 2. The monoisotopic (exact) mass is 358 g/mol. The van der Waals surface area contributed by atoms with Crippen LogP contribution in [-0.2, 0) is 9.59 Å². The standard InChI is InChI=1S/C20H30N4O2/c25-19(15-23-11-3-1-4-12-23)21-17-7-9-18(10-8-17)22-20(26)16-24-13-5-2-6-14-24/h7-10H,1-6,11-16H2,(H,21,25)(H,22,26). The highest BCUT2D eigenvalue weighted by Crippen LogP contribution is 2.15. The van der Waals surface area contributed by atoms with Crippen LogP contribution in [0.25, 0.3) is 0 Å². The Morgan fingerprint density at radius 2 is 1.00 bits per heavy atom. The summed E-state index contributed by atoms with van der Waals surface area (Å²) in [7, 11) is 0. The molecule has 6 nitrogen and oxygen atoms in total. The molecule has 2 heterocycles. The number of piperidine rings is 2. The minimum absolute atomic E-state index is 0.0220. The topological polar surface area (TPSA) is 64.7 Å². The molecular formula is C20H30N4O2. The van der Waals surface area contributed by atoms with Gasteiger partial charge < -0.3 is 10.6 Å². The Hall–Kier alpha value is -1.92. The van der Waals surface area contributed by atoms with Crippen molar-refractivity contribution in [3.63, 3.8) is 0 Å². The summed E-state index contributed by atoms with van der Waals surface area (Å²) in [6.45, 7) is 4.94. The van der Waals surface area contributed by atoms with Gasteiger partial charge in [0.15, 0.2) is 0 Å². The second-order valence-corrected chi connectivity index (χ2v) is 7.35. The molecule has 1 aromatic rings. The van der Waals surface area contributed by atoms with Gasteiger partial charge in [-0.3, -0.25) is 19.4 Å². The number of anilines is 2. The van der Waals surface area contributed by atoms with Crippen molar-refractivity contribution in [3.05, 3.63) is 24.3 Å². The van der Waals surface area contributed by atoms with E-state index in [4.69, 9.17) is 0 Å². The van der Waals surface area contributed by atoms with Crippen molar-refractivity contribution in [1.82, 2.24) is 9.80 Å². The summed E-state index contributed by atoms with van der Waals surface area (Å²) in [6, 6.07) is 7.35. The van der Waals surface area contributed by atoms with Crippen molar-refractivity contribution < 1.29 is 9.59 Å². The minimum Gasteiger partial charge on any atom is -0.325 e. The first-order valence-electron chi connectivity index (χ1n) is 9.83. The fourth-order valence-electron chi connectivity index (χ4n) is 3.68. The predicted molar refractivity (Wildman–Crippen MR) is 104 cm³/mol. The predicted octanol–water partition coefficient (Wildman–Crippen LogP) is 2.54. The number of carbonyl (C=O) groups excluding carboxylic acids is 2. The van der Waals surface area contributed by atoms with Gasteiger partial charge in [-0.2, -0.15) is 0 Å². The van der Waals surface area contributed by atoms with Crippen LogP contribution in [0.5, 0.6) is 0 Å². The van der Waals surface area contributed by atoms with Gasteiger partial charge in [-0.15, -0.1) is 0 Å². The third kappa shape index (κ3) is 6.11. The van der Waals surface area contributed by atoms with Crippen molar-refractivity contribution in [3.8, 4) is 0 Å². The molecule has 142 valence electrons. The largest absolute Gasteiger partial charge is 0.325 e. The normalized spacial score (nSPS) is 19.1. The summed E-state index contributed by atoms with van der Waals surface area (Å²) in [5.41, 5.74) is 1.53. The lowest BCUT2D eigenvalue weighted by molar-refractivity contribution is -0.118. The van der Waals surface area contributed by atoms with Crippen molar-refractivity contribution in [2.45, 2.75) is 38.5 Å². The minimum atomic E-state index is 0.0220. The molecule has 0 aromatic heterocycles. The van der Waals surface area contributed by atoms with Crippen molar-refractivity contribution in [1.29, 1.82) is 0 Å². The van der Waals surface area contributed by atoms with Crippen LogP contribution in [0.15, 0.2) is 24.3 Å². The first-order valence-corrected chi connectivity index (χ1v) is 9.83. The molecule has 0 saturated carbocycles. The summed E-state index contributed by atoms with van der Waals surface area (Å²) in [5.74, 6) is 0.0440. The van der Waals surface area contributed by atoms with Gasteiger partial charge in [0, 0.05) is 11.4 Å². The molecule has 2 saturated heterocycles. The zero-order chi connectivity index (χ0) is 18.2. The maximum absolute atomic E-state index is 12.1. The number of hydrogen-bond acceptors (Lipinski definition) is 4. The molecule has 26 heavy (non-hydrogen) atoms. The van der Waals surface area contributed by atoms with Crippen LogP contribution in [0.3, 0.4) is 0 Å². The van der Waals surface area contributed by atoms with E-state index in [0.717, 1.165) is 37.6 Å². The Morgan fingerprint density at radius 1 is 0.654 bits per heavy atom. The Balaban J connectivity index is 1.42. The number of amides is 2. The zero-order valence-corrected chi connectivity index (χ0v) is 15.5.